The highest BCUT2D eigenvalue weighted by atomic mass is 32.1. The Kier molecular flexibility index (Phi) is 2.23. The van der Waals surface area contributed by atoms with Crippen molar-refractivity contribution in [3.05, 3.63) is 5.01 Å². The molecular weight excluding hydrogens is 174 g/mol. The molecule has 12 heavy (non-hydrogen) atoms. The molecule has 0 saturated carbocycles. The van der Waals surface area contributed by atoms with Crippen LogP contribution >= 0.6 is 11.3 Å². The average molecular weight is 185 g/mol. The van der Waals surface area contributed by atoms with Crippen LogP contribution in [-0.2, 0) is 11.2 Å². The Balaban J connectivity index is 1.93. The number of hydrogen-bond acceptors (Lipinski definition) is 5. The quantitative estimate of drug-likeness (QED) is 0.760. The van der Waals surface area contributed by atoms with E-state index in [1.807, 2.05) is 0 Å². The van der Waals surface area contributed by atoms with Gasteiger partial charge in [-0.2, -0.15) is 0 Å². The number of nitrogens with zero attached hydrogens (tertiary/aromatic N) is 2. The van der Waals surface area contributed by atoms with Crippen LogP contribution in [0.2, 0.25) is 0 Å². The number of hydrogen-bond donors (Lipinski definition) is 1. The fourth-order valence-corrected chi connectivity index (χ4v) is 1.70. The van der Waals surface area contributed by atoms with Crippen molar-refractivity contribution in [3.63, 3.8) is 0 Å². The molecular formula is C7H11N3OS. The van der Waals surface area contributed by atoms with Crippen LogP contribution in [0.5, 0.6) is 0 Å². The van der Waals surface area contributed by atoms with Crippen molar-refractivity contribution in [2.75, 3.05) is 18.5 Å². The summed E-state index contributed by atoms with van der Waals surface area (Å²) < 4.78 is 5.03. The first-order chi connectivity index (χ1) is 5.88. The molecule has 1 N–H and O–H groups in total. The smallest absolute Gasteiger partial charge is 0.206 e. The number of aromatic nitrogens is 2. The van der Waals surface area contributed by atoms with E-state index >= 15 is 0 Å². The second kappa shape index (κ2) is 3.37. The molecule has 0 aliphatic carbocycles. The zero-order chi connectivity index (χ0) is 8.39. The predicted octanol–water partition coefficient (Wildman–Crippen LogP) is 0.911. The fraction of sp³-hybridized carbons (Fsp3) is 0.714. The van der Waals surface area contributed by atoms with E-state index < -0.39 is 0 Å². The van der Waals surface area contributed by atoms with Gasteiger partial charge in [0, 0.05) is 0 Å². The van der Waals surface area contributed by atoms with Gasteiger partial charge in [-0.25, -0.2) is 0 Å². The highest BCUT2D eigenvalue weighted by Gasteiger charge is 2.19. The number of ether oxygens (including phenoxy) is 1. The van der Waals surface area contributed by atoms with E-state index in [9.17, 15) is 0 Å². The summed E-state index contributed by atoms with van der Waals surface area (Å²) in [5, 5.41) is 13.3. The van der Waals surface area contributed by atoms with Gasteiger partial charge in [-0.1, -0.05) is 18.3 Å². The van der Waals surface area contributed by atoms with E-state index in [0.29, 0.717) is 6.04 Å². The van der Waals surface area contributed by atoms with Crippen LogP contribution in [0, 0.1) is 0 Å². The zero-order valence-electron chi connectivity index (χ0n) is 6.91. The molecule has 1 aliphatic heterocycles. The molecule has 0 radical (unpaired) electrons. The SMILES string of the molecule is CCc1nnc(NC2COC2)s1. The first kappa shape index (κ1) is 7.94. The maximum absolute atomic E-state index is 5.03. The molecule has 2 rings (SSSR count). The van der Waals surface area contributed by atoms with Crippen molar-refractivity contribution in [2.45, 2.75) is 19.4 Å². The molecule has 1 fully saturated rings. The van der Waals surface area contributed by atoms with Gasteiger partial charge < -0.3 is 10.1 Å². The highest BCUT2D eigenvalue weighted by Crippen LogP contribution is 2.18. The van der Waals surface area contributed by atoms with Gasteiger partial charge in [-0.05, 0) is 6.42 Å². The number of anilines is 1. The molecule has 0 aromatic carbocycles. The molecule has 1 aromatic heterocycles. The Morgan fingerprint density at radius 1 is 1.58 bits per heavy atom. The maximum Gasteiger partial charge on any atom is 0.206 e. The van der Waals surface area contributed by atoms with E-state index in [1.54, 1.807) is 11.3 Å². The highest BCUT2D eigenvalue weighted by molar-refractivity contribution is 7.15. The van der Waals surface area contributed by atoms with Crippen molar-refractivity contribution < 1.29 is 4.74 Å². The molecule has 1 aliphatic rings. The minimum atomic E-state index is 0.447. The lowest BCUT2D eigenvalue weighted by Gasteiger charge is -2.26. The van der Waals surface area contributed by atoms with Gasteiger partial charge in [0.05, 0.1) is 19.3 Å². The fourth-order valence-electron chi connectivity index (χ4n) is 0.948. The van der Waals surface area contributed by atoms with Gasteiger partial charge in [0.15, 0.2) is 0 Å². The summed E-state index contributed by atoms with van der Waals surface area (Å²) in [4.78, 5) is 0. The van der Waals surface area contributed by atoms with Crippen LogP contribution in [0.3, 0.4) is 0 Å². The summed E-state index contributed by atoms with van der Waals surface area (Å²) in [6.45, 7) is 3.67. The molecule has 5 heteroatoms. The number of rotatable bonds is 3. The van der Waals surface area contributed by atoms with Crippen LogP contribution in [0.4, 0.5) is 5.13 Å². The minimum absolute atomic E-state index is 0.447. The third-order valence-electron chi connectivity index (χ3n) is 1.73. The van der Waals surface area contributed by atoms with E-state index in [1.165, 1.54) is 0 Å². The zero-order valence-corrected chi connectivity index (χ0v) is 7.73. The van der Waals surface area contributed by atoms with Crippen LogP contribution in [0.25, 0.3) is 0 Å². The standard InChI is InChI=1S/C7H11N3OS/c1-2-6-9-10-7(12-6)8-5-3-11-4-5/h5H,2-4H2,1H3,(H,8,10). The van der Waals surface area contributed by atoms with Crippen LogP contribution in [0.15, 0.2) is 0 Å². The molecule has 0 bridgehead atoms. The first-order valence-electron chi connectivity index (χ1n) is 4.05. The maximum atomic E-state index is 5.03. The molecule has 1 saturated heterocycles. The molecule has 0 spiro atoms. The molecule has 2 heterocycles. The summed E-state index contributed by atoms with van der Waals surface area (Å²) >= 11 is 1.62. The van der Waals surface area contributed by atoms with Gasteiger partial charge >= 0.3 is 0 Å². The average Bonchev–Trinajstić information content (AvgIpc) is 2.44. The molecule has 0 atom stereocenters. The Hall–Kier alpha value is -0.680. The third kappa shape index (κ3) is 1.56. The lowest BCUT2D eigenvalue weighted by molar-refractivity contribution is 0.0211. The van der Waals surface area contributed by atoms with Crippen LogP contribution < -0.4 is 5.32 Å². The third-order valence-corrected chi connectivity index (χ3v) is 2.73. The summed E-state index contributed by atoms with van der Waals surface area (Å²) in [5.74, 6) is 0. The van der Waals surface area contributed by atoms with Gasteiger partial charge in [-0.15, -0.1) is 10.2 Å². The summed E-state index contributed by atoms with van der Waals surface area (Å²) in [6, 6.07) is 0.447. The lowest BCUT2D eigenvalue weighted by Crippen LogP contribution is -2.40. The van der Waals surface area contributed by atoms with Crippen molar-refractivity contribution in [2.24, 2.45) is 0 Å². The lowest BCUT2D eigenvalue weighted by atomic mass is 10.3. The van der Waals surface area contributed by atoms with Crippen molar-refractivity contribution in [1.82, 2.24) is 10.2 Å². The molecule has 4 nitrogen and oxygen atoms in total. The Morgan fingerprint density at radius 2 is 2.42 bits per heavy atom. The van der Waals surface area contributed by atoms with E-state index in [0.717, 1.165) is 29.8 Å². The van der Waals surface area contributed by atoms with Gasteiger partial charge in [0.2, 0.25) is 5.13 Å². The van der Waals surface area contributed by atoms with Crippen molar-refractivity contribution in [1.29, 1.82) is 0 Å². The Bertz CT molecular complexity index is 259. The topological polar surface area (TPSA) is 47.0 Å². The van der Waals surface area contributed by atoms with Gasteiger partial charge in [0.25, 0.3) is 0 Å². The monoisotopic (exact) mass is 185 g/mol. The van der Waals surface area contributed by atoms with Gasteiger partial charge in [-0.3, -0.25) is 0 Å². The van der Waals surface area contributed by atoms with Crippen LogP contribution in [-0.4, -0.2) is 29.5 Å². The molecule has 0 amide bonds. The number of nitrogens with one attached hydrogen (secondary N) is 1. The van der Waals surface area contributed by atoms with Crippen molar-refractivity contribution >= 4 is 16.5 Å². The minimum Gasteiger partial charge on any atom is -0.377 e. The largest absolute Gasteiger partial charge is 0.377 e. The molecule has 66 valence electrons. The Labute approximate surface area is 75.0 Å². The Morgan fingerprint density at radius 3 is 2.92 bits per heavy atom. The second-order valence-corrected chi connectivity index (χ2v) is 3.80. The van der Waals surface area contributed by atoms with Gasteiger partial charge in [0.1, 0.15) is 5.01 Å². The summed E-state index contributed by atoms with van der Waals surface area (Å²) in [5.41, 5.74) is 0. The summed E-state index contributed by atoms with van der Waals surface area (Å²) in [6.07, 6.45) is 0.959. The van der Waals surface area contributed by atoms with Crippen molar-refractivity contribution in [3.8, 4) is 0 Å². The summed E-state index contributed by atoms with van der Waals surface area (Å²) in [7, 11) is 0. The normalized spacial score (nSPS) is 17.4. The van der Waals surface area contributed by atoms with E-state index in [4.69, 9.17) is 4.74 Å². The van der Waals surface area contributed by atoms with E-state index in [-0.39, 0.29) is 0 Å². The molecule has 1 aromatic rings. The molecule has 0 unspecified atom stereocenters. The number of aryl methyl sites for hydroxylation is 1. The predicted molar refractivity (Wildman–Crippen MR) is 47.5 cm³/mol. The second-order valence-electron chi connectivity index (χ2n) is 2.73. The van der Waals surface area contributed by atoms with Crippen LogP contribution in [0.1, 0.15) is 11.9 Å². The first-order valence-corrected chi connectivity index (χ1v) is 4.87. The van der Waals surface area contributed by atoms with E-state index in [2.05, 4.69) is 22.4 Å².